The Morgan fingerprint density at radius 3 is 2.58 bits per heavy atom. The molecule has 0 aliphatic carbocycles. The molecule has 2 N–H and O–H groups in total. The molecule has 0 aliphatic rings. The maximum absolute atomic E-state index is 5.63. The third-order valence-corrected chi connectivity index (χ3v) is 2.01. The van der Waals surface area contributed by atoms with Gasteiger partial charge in [0, 0.05) is 17.7 Å². The lowest BCUT2D eigenvalue weighted by Gasteiger charge is -2.21. The highest BCUT2D eigenvalue weighted by Gasteiger charge is 2.19. The molecule has 66 valence electrons. The number of nitrogens with two attached hydrogens (primary N) is 1. The van der Waals surface area contributed by atoms with Crippen molar-refractivity contribution in [3.8, 4) is 0 Å². The highest BCUT2D eigenvalue weighted by atomic mass is 14.8. The lowest BCUT2D eigenvalue weighted by atomic mass is 9.89. The molecule has 1 aromatic heterocycles. The van der Waals surface area contributed by atoms with Crippen molar-refractivity contribution >= 4 is 0 Å². The van der Waals surface area contributed by atoms with Crippen LogP contribution < -0.4 is 5.73 Å². The quantitative estimate of drug-likeness (QED) is 0.711. The van der Waals surface area contributed by atoms with E-state index < -0.39 is 0 Å². The summed E-state index contributed by atoms with van der Waals surface area (Å²) >= 11 is 0. The summed E-state index contributed by atoms with van der Waals surface area (Å²) in [7, 11) is 0. The molecule has 0 atom stereocenters. The minimum Gasteiger partial charge on any atom is -0.330 e. The van der Waals surface area contributed by atoms with Crippen molar-refractivity contribution in [1.29, 1.82) is 0 Å². The molecule has 3 nitrogen and oxygen atoms in total. The molecule has 3 heteroatoms. The van der Waals surface area contributed by atoms with Crippen molar-refractivity contribution in [3.05, 3.63) is 23.8 Å². The van der Waals surface area contributed by atoms with Crippen molar-refractivity contribution in [2.45, 2.75) is 26.2 Å². The van der Waals surface area contributed by atoms with Crippen LogP contribution in [0.25, 0.3) is 0 Å². The summed E-state index contributed by atoms with van der Waals surface area (Å²) in [6, 6.07) is 1.98. The summed E-state index contributed by atoms with van der Waals surface area (Å²) in [6.07, 6.45) is 1.59. The predicted molar refractivity (Wildman–Crippen MR) is 48.8 cm³/mol. The Balaban J connectivity index is 3.03. The maximum Gasteiger partial charge on any atom is 0.115 e. The first-order valence-electron chi connectivity index (χ1n) is 4.05. The minimum atomic E-state index is -0.0479. The highest BCUT2D eigenvalue weighted by molar-refractivity contribution is 5.16. The van der Waals surface area contributed by atoms with Gasteiger partial charge in [-0.15, -0.1) is 0 Å². The first-order chi connectivity index (χ1) is 5.56. The van der Waals surface area contributed by atoms with E-state index in [-0.39, 0.29) is 5.41 Å². The fourth-order valence-electron chi connectivity index (χ4n) is 0.929. The van der Waals surface area contributed by atoms with Gasteiger partial charge in [-0.05, 0) is 13.0 Å². The average molecular weight is 165 g/mol. The molecule has 0 radical (unpaired) electrons. The Morgan fingerprint density at radius 1 is 1.42 bits per heavy atom. The molecular formula is C9H15N3. The third kappa shape index (κ3) is 1.80. The van der Waals surface area contributed by atoms with Gasteiger partial charge in [0.2, 0.25) is 0 Å². The van der Waals surface area contributed by atoms with Crippen LogP contribution in [0, 0.1) is 6.92 Å². The molecule has 0 saturated heterocycles. The van der Waals surface area contributed by atoms with E-state index in [0.717, 1.165) is 11.4 Å². The summed E-state index contributed by atoms with van der Waals surface area (Å²) in [6.45, 7) is 6.71. The topological polar surface area (TPSA) is 51.8 Å². The van der Waals surface area contributed by atoms with Gasteiger partial charge in [0.1, 0.15) is 6.33 Å². The predicted octanol–water partition coefficient (Wildman–Crippen LogP) is 1.02. The summed E-state index contributed by atoms with van der Waals surface area (Å²) in [5.74, 6) is 0. The highest BCUT2D eigenvalue weighted by Crippen LogP contribution is 2.18. The van der Waals surface area contributed by atoms with Crippen LogP contribution in [0.5, 0.6) is 0 Å². The van der Waals surface area contributed by atoms with Crippen LogP contribution in [-0.2, 0) is 5.41 Å². The Hall–Kier alpha value is -0.960. The van der Waals surface area contributed by atoms with Gasteiger partial charge in [-0.25, -0.2) is 9.97 Å². The first-order valence-corrected chi connectivity index (χ1v) is 4.05. The number of hydrogen-bond donors (Lipinski definition) is 1. The zero-order valence-electron chi connectivity index (χ0n) is 7.83. The van der Waals surface area contributed by atoms with Gasteiger partial charge >= 0.3 is 0 Å². The molecule has 0 saturated carbocycles. The molecule has 0 fully saturated rings. The van der Waals surface area contributed by atoms with Gasteiger partial charge in [-0.3, -0.25) is 0 Å². The second-order valence-electron chi connectivity index (χ2n) is 3.63. The summed E-state index contributed by atoms with van der Waals surface area (Å²) in [5, 5.41) is 0. The molecular weight excluding hydrogens is 150 g/mol. The van der Waals surface area contributed by atoms with Crippen LogP contribution in [0.1, 0.15) is 25.2 Å². The molecule has 0 bridgehead atoms. The normalized spacial score (nSPS) is 11.7. The number of aryl methyl sites for hydroxylation is 1. The van der Waals surface area contributed by atoms with E-state index >= 15 is 0 Å². The second-order valence-corrected chi connectivity index (χ2v) is 3.63. The third-order valence-electron chi connectivity index (χ3n) is 2.01. The Bertz CT molecular complexity index is 268. The Labute approximate surface area is 73.0 Å². The largest absolute Gasteiger partial charge is 0.330 e. The average Bonchev–Trinajstić information content (AvgIpc) is 2.05. The minimum absolute atomic E-state index is 0.0479. The Morgan fingerprint density at radius 2 is 2.08 bits per heavy atom. The second kappa shape index (κ2) is 3.19. The van der Waals surface area contributed by atoms with Gasteiger partial charge in [-0.1, -0.05) is 13.8 Å². The van der Waals surface area contributed by atoms with Crippen LogP contribution in [0.3, 0.4) is 0 Å². The molecule has 1 heterocycles. The molecule has 0 spiro atoms. The molecule has 0 unspecified atom stereocenters. The van der Waals surface area contributed by atoms with Crippen molar-refractivity contribution in [2.24, 2.45) is 5.73 Å². The van der Waals surface area contributed by atoms with Crippen LogP contribution in [-0.4, -0.2) is 16.5 Å². The zero-order chi connectivity index (χ0) is 9.19. The van der Waals surface area contributed by atoms with Gasteiger partial charge in [-0.2, -0.15) is 0 Å². The van der Waals surface area contributed by atoms with Crippen molar-refractivity contribution < 1.29 is 0 Å². The lowest BCUT2D eigenvalue weighted by Crippen LogP contribution is -2.29. The Kier molecular flexibility index (Phi) is 2.43. The van der Waals surface area contributed by atoms with Gasteiger partial charge in [0.25, 0.3) is 0 Å². The molecule has 0 amide bonds. The SMILES string of the molecule is Cc1cc(C(C)(C)CN)ncn1. The molecule has 12 heavy (non-hydrogen) atoms. The number of rotatable bonds is 2. The standard InChI is InChI=1S/C9H15N3/c1-7-4-8(12-6-11-7)9(2,3)5-10/h4,6H,5,10H2,1-3H3. The van der Waals surface area contributed by atoms with Crippen LogP contribution in [0.15, 0.2) is 12.4 Å². The van der Waals surface area contributed by atoms with E-state index in [1.807, 2.05) is 13.0 Å². The van der Waals surface area contributed by atoms with E-state index in [0.29, 0.717) is 6.54 Å². The molecule has 1 rings (SSSR count). The van der Waals surface area contributed by atoms with E-state index in [2.05, 4.69) is 23.8 Å². The molecule has 0 aliphatic heterocycles. The smallest absolute Gasteiger partial charge is 0.115 e. The van der Waals surface area contributed by atoms with E-state index in [4.69, 9.17) is 5.73 Å². The first kappa shape index (κ1) is 9.13. The fraction of sp³-hybridized carbons (Fsp3) is 0.556. The van der Waals surface area contributed by atoms with Gasteiger partial charge in [0.15, 0.2) is 0 Å². The zero-order valence-corrected chi connectivity index (χ0v) is 7.83. The van der Waals surface area contributed by atoms with Crippen molar-refractivity contribution in [3.63, 3.8) is 0 Å². The number of nitrogens with zero attached hydrogens (tertiary/aromatic N) is 2. The summed E-state index contributed by atoms with van der Waals surface area (Å²) < 4.78 is 0. The monoisotopic (exact) mass is 165 g/mol. The van der Waals surface area contributed by atoms with E-state index in [1.165, 1.54) is 0 Å². The van der Waals surface area contributed by atoms with Gasteiger partial charge in [0.05, 0.1) is 5.69 Å². The number of aromatic nitrogens is 2. The van der Waals surface area contributed by atoms with E-state index in [9.17, 15) is 0 Å². The molecule has 0 aromatic carbocycles. The lowest BCUT2D eigenvalue weighted by molar-refractivity contribution is 0.519. The molecule has 1 aromatic rings. The van der Waals surface area contributed by atoms with Crippen LogP contribution >= 0.6 is 0 Å². The van der Waals surface area contributed by atoms with Crippen molar-refractivity contribution in [2.75, 3.05) is 6.54 Å². The van der Waals surface area contributed by atoms with Crippen LogP contribution in [0.4, 0.5) is 0 Å². The van der Waals surface area contributed by atoms with Crippen molar-refractivity contribution in [1.82, 2.24) is 9.97 Å². The fourth-order valence-corrected chi connectivity index (χ4v) is 0.929. The van der Waals surface area contributed by atoms with Crippen LogP contribution in [0.2, 0.25) is 0 Å². The summed E-state index contributed by atoms with van der Waals surface area (Å²) in [4.78, 5) is 8.23. The summed E-state index contributed by atoms with van der Waals surface area (Å²) in [5.41, 5.74) is 7.58. The van der Waals surface area contributed by atoms with E-state index in [1.54, 1.807) is 6.33 Å². The number of hydrogen-bond acceptors (Lipinski definition) is 3. The maximum atomic E-state index is 5.63. The van der Waals surface area contributed by atoms with Gasteiger partial charge < -0.3 is 5.73 Å².